The molecule has 2 aromatic rings. The summed E-state index contributed by atoms with van der Waals surface area (Å²) >= 11 is 0. The summed E-state index contributed by atoms with van der Waals surface area (Å²) in [6.07, 6.45) is 1.66. The van der Waals surface area contributed by atoms with E-state index in [0.717, 1.165) is 5.52 Å². The van der Waals surface area contributed by atoms with Gasteiger partial charge < -0.3 is 4.84 Å². The Hall–Kier alpha value is -1.65. The van der Waals surface area contributed by atoms with E-state index in [0.29, 0.717) is 5.65 Å². The second-order valence-corrected chi connectivity index (χ2v) is 1.99. The molecule has 0 amide bonds. The zero-order valence-electron chi connectivity index (χ0n) is 5.93. The summed E-state index contributed by atoms with van der Waals surface area (Å²) in [4.78, 5) is 10.2. The maximum absolute atomic E-state index is 4.87. The predicted molar refractivity (Wildman–Crippen MR) is 37.8 cm³/mol. The van der Waals surface area contributed by atoms with Crippen molar-refractivity contribution in [3.05, 3.63) is 18.3 Å². The van der Waals surface area contributed by atoms with E-state index >= 15 is 0 Å². The zero-order chi connectivity index (χ0) is 7.68. The second-order valence-electron chi connectivity index (χ2n) is 1.99. The van der Waals surface area contributed by atoms with Gasteiger partial charge in [0.25, 0.3) is 0 Å². The van der Waals surface area contributed by atoms with Crippen LogP contribution in [0.1, 0.15) is 0 Å². The van der Waals surface area contributed by atoms with Crippen LogP contribution < -0.4 is 4.84 Å². The van der Waals surface area contributed by atoms with Crippen molar-refractivity contribution in [2.45, 2.75) is 0 Å². The van der Waals surface area contributed by atoms with Crippen molar-refractivity contribution in [1.29, 1.82) is 0 Å². The summed E-state index contributed by atoms with van der Waals surface area (Å²) in [7, 11) is 1.53. The van der Waals surface area contributed by atoms with Crippen LogP contribution in [0.25, 0.3) is 11.2 Å². The molecule has 0 spiro atoms. The molecule has 0 N–H and O–H groups in total. The van der Waals surface area contributed by atoms with Crippen LogP contribution in [0.2, 0.25) is 0 Å². The molecule has 2 aromatic heterocycles. The molecular weight excluding hydrogens is 144 g/mol. The third-order valence-electron chi connectivity index (χ3n) is 1.37. The molecule has 2 rings (SSSR count). The quantitative estimate of drug-likeness (QED) is 0.569. The Morgan fingerprint density at radius 3 is 3.27 bits per heavy atom. The molecule has 0 saturated heterocycles. The van der Waals surface area contributed by atoms with Gasteiger partial charge in [0.15, 0.2) is 0 Å². The monoisotopic (exact) mass is 150 g/mol. The van der Waals surface area contributed by atoms with Gasteiger partial charge in [0.1, 0.15) is 12.6 Å². The summed E-state index contributed by atoms with van der Waals surface area (Å²) in [5.41, 5.74) is 1.37. The Labute approximate surface area is 62.6 Å². The molecule has 0 atom stereocenters. The van der Waals surface area contributed by atoms with Crippen molar-refractivity contribution < 1.29 is 4.84 Å². The number of rotatable bonds is 1. The van der Waals surface area contributed by atoms with Gasteiger partial charge in [0, 0.05) is 6.20 Å². The topological polar surface area (TPSA) is 52.8 Å². The fraction of sp³-hybridized carbons (Fsp3) is 0.167. The maximum atomic E-state index is 4.87. The third kappa shape index (κ3) is 0.813. The first kappa shape index (κ1) is 6.09. The maximum Gasteiger partial charge on any atom is 0.205 e. The second kappa shape index (κ2) is 2.19. The van der Waals surface area contributed by atoms with Crippen LogP contribution in [0.3, 0.4) is 0 Å². The molecule has 0 fully saturated rings. The van der Waals surface area contributed by atoms with E-state index in [1.54, 1.807) is 12.3 Å². The van der Waals surface area contributed by atoms with Crippen LogP contribution in [-0.4, -0.2) is 27.3 Å². The number of fused-ring (bicyclic) bond motifs is 1. The first-order valence-electron chi connectivity index (χ1n) is 3.13. The molecule has 11 heavy (non-hydrogen) atoms. The summed E-state index contributed by atoms with van der Waals surface area (Å²) in [5.74, 6) is 0. The molecule has 0 aliphatic rings. The van der Waals surface area contributed by atoms with Crippen molar-refractivity contribution in [1.82, 2.24) is 20.1 Å². The van der Waals surface area contributed by atoms with Crippen molar-refractivity contribution in [2.75, 3.05) is 7.11 Å². The molecule has 2 heterocycles. The minimum Gasteiger partial charge on any atom is -0.398 e. The lowest BCUT2D eigenvalue weighted by Gasteiger charge is -1.94. The molecular formula is C6H6N4O. The molecule has 0 aromatic carbocycles. The standard InChI is InChI=1S/C6H6N4O/c1-11-10-5-3-2-4-7-6(5)8-9-10/h2-4H,1H3. The fourth-order valence-corrected chi connectivity index (χ4v) is 0.881. The minimum absolute atomic E-state index is 0.592. The summed E-state index contributed by atoms with van der Waals surface area (Å²) in [6.45, 7) is 0. The van der Waals surface area contributed by atoms with Gasteiger partial charge in [-0.15, -0.1) is 5.10 Å². The Morgan fingerprint density at radius 2 is 2.45 bits per heavy atom. The van der Waals surface area contributed by atoms with E-state index < -0.39 is 0 Å². The van der Waals surface area contributed by atoms with Gasteiger partial charge in [0.05, 0.1) is 0 Å². The molecule has 0 radical (unpaired) electrons. The van der Waals surface area contributed by atoms with E-state index in [4.69, 9.17) is 4.84 Å². The first-order chi connectivity index (χ1) is 5.42. The zero-order valence-corrected chi connectivity index (χ0v) is 5.93. The van der Waals surface area contributed by atoms with Crippen LogP contribution in [0.5, 0.6) is 0 Å². The van der Waals surface area contributed by atoms with Gasteiger partial charge in [-0.1, -0.05) is 4.85 Å². The van der Waals surface area contributed by atoms with E-state index in [9.17, 15) is 0 Å². The summed E-state index contributed by atoms with van der Waals surface area (Å²) in [5, 5.41) is 7.46. The van der Waals surface area contributed by atoms with Crippen LogP contribution in [0.15, 0.2) is 18.3 Å². The highest BCUT2D eigenvalue weighted by Gasteiger charge is 2.01. The Balaban J connectivity index is 2.76. The van der Waals surface area contributed by atoms with E-state index in [2.05, 4.69) is 15.3 Å². The number of nitrogens with zero attached hydrogens (tertiary/aromatic N) is 4. The van der Waals surface area contributed by atoms with Gasteiger partial charge in [-0.25, -0.2) is 4.98 Å². The van der Waals surface area contributed by atoms with Crippen LogP contribution in [-0.2, 0) is 0 Å². The van der Waals surface area contributed by atoms with Gasteiger partial charge in [-0.2, -0.15) is 0 Å². The Bertz CT molecular complexity index is 369. The Kier molecular flexibility index (Phi) is 1.21. The number of pyridine rings is 1. The molecule has 56 valence electrons. The number of hydrogen-bond donors (Lipinski definition) is 0. The van der Waals surface area contributed by atoms with Crippen molar-refractivity contribution in [2.24, 2.45) is 0 Å². The smallest absolute Gasteiger partial charge is 0.205 e. The van der Waals surface area contributed by atoms with E-state index in [-0.39, 0.29) is 0 Å². The predicted octanol–water partition coefficient (Wildman–Crippen LogP) is -0.115. The third-order valence-corrected chi connectivity index (χ3v) is 1.37. The first-order valence-corrected chi connectivity index (χ1v) is 3.13. The Morgan fingerprint density at radius 1 is 1.55 bits per heavy atom. The average Bonchev–Trinajstić information content (AvgIpc) is 2.47. The highest BCUT2D eigenvalue weighted by Crippen LogP contribution is 2.03. The largest absolute Gasteiger partial charge is 0.398 e. The lowest BCUT2D eigenvalue weighted by molar-refractivity contribution is 0.139. The highest BCUT2D eigenvalue weighted by atomic mass is 16.7. The van der Waals surface area contributed by atoms with Crippen LogP contribution in [0.4, 0.5) is 0 Å². The molecule has 0 saturated carbocycles. The minimum atomic E-state index is 0.592. The van der Waals surface area contributed by atoms with Crippen molar-refractivity contribution in [3.63, 3.8) is 0 Å². The van der Waals surface area contributed by atoms with Gasteiger partial charge in [-0.05, 0) is 17.3 Å². The van der Waals surface area contributed by atoms with Gasteiger partial charge in [-0.3, -0.25) is 0 Å². The summed E-state index contributed by atoms with van der Waals surface area (Å²) < 4.78 is 0. The SMILES string of the molecule is COn1nnc2ncccc21. The number of hydrogen-bond acceptors (Lipinski definition) is 4. The number of aromatic nitrogens is 4. The van der Waals surface area contributed by atoms with Crippen molar-refractivity contribution >= 4 is 11.2 Å². The average molecular weight is 150 g/mol. The van der Waals surface area contributed by atoms with Gasteiger partial charge in [0.2, 0.25) is 5.65 Å². The van der Waals surface area contributed by atoms with Gasteiger partial charge >= 0.3 is 0 Å². The molecule has 0 bridgehead atoms. The summed E-state index contributed by atoms with van der Waals surface area (Å²) in [6, 6.07) is 3.65. The fourth-order valence-electron chi connectivity index (χ4n) is 0.881. The van der Waals surface area contributed by atoms with E-state index in [1.165, 1.54) is 12.0 Å². The molecule has 0 unspecified atom stereocenters. The van der Waals surface area contributed by atoms with Crippen LogP contribution >= 0.6 is 0 Å². The normalized spacial score (nSPS) is 10.3. The lowest BCUT2D eigenvalue weighted by Crippen LogP contribution is -2.06. The van der Waals surface area contributed by atoms with E-state index in [1.807, 2.05) is 6.07 Å². The molecule has 5 nitrogen and oxygen atoms in total. The molecule has 0 aliphatic heterocycles. The molecule has 0 aliphatic carbocycles. The highest BCUT2D eigenvalue weighted by molar-refractivity contribution is 5.68. The van der Waals surface area contributed by atoms with Crippen molar-refractivity contribution in [3.8, 4) is 0 Å². The lowest BCUT2D eigenvalue weighted by atomic mass is 10.4. The van der Waals surface area contributed by atoms with Crippen LogP contribution in [0, 0.1) is 0 Å². The molecule has 5 heteroatoms.